The highest BCUT2D eigenvalue weighted by Crippen LogP contribution is 2.21. The van der Waals surface area contributed by atoms with Gasteiger partial charge in [0.15, 0.2) is 0 Å². The highest BCUT2D eigenvalue weighted by Gasteiger charge is 2.11. The molecule has 0 saturated carbocycles. The molecule has 0 unspecified atom stereocenters. The third-order valence-corrected chi connectivity index (χ3v) is 3.63. The number of nitrogens with one attached hydrogen (secondary N) is 1. The maximum absolute atomic E-state index is 12.2. The Labute approximate surface area is 120 Å². The lowest BCUT2D eigenvalue weighted by molar-refractivity contribution is 0.102. The van der Waals surface area contributed by atoms with Gasteiger partial charge in [0.2, 0.25) is 0 Å². The van der Waals surface area contributed by atoms with Crippen molar-refractivity contribution < 1.29 is 4.79 Å². The molecule has 4 nitrogen and oxygen atoms in total. The molecule has 0 aliphatic carbocycles. The van der Waals surface area contributed by atoms with Crippen LogP contribution in [-0.4, -0.2) is 16.1 Å². The summed E-state index contributed by atoms with van der Waals surface area (Å²) in [6, 6.07) is 7.43. The lowest BCUT2D eigenvalue weighted by Crippen LogP contribution is -2.15. The predicted molar refractivity (Wildman–Crippen MR) is 78.3 cm³/mol. The van der Waals surface area contributed by atoms with E-state index in [1.165, 1.54) is 0 Å². The van der Waals surface area contributed by atoms with Gasteiger partial charge in [-0.25, -0.2) is 0 Å². The van der Waals surface area contributed by atoms with E-state index < -0.39 is 0 Å². The summed E-state index contributed by atoms with van der Waals surface area (Å²) in [5, 5.41) is 10.7. The molecule has 98 valence electrons. The fourth-order valence-electron chi connectivity index (χ4n) is 1.65. The van der Waals surface area contributed by atoms with Crippen molar-refractivity contribution in [2.45, 2.75) is 20.8 Å². The van der Waals surface area contributed by atoms with Gasteiger partial charge in [0, 0.05) is 10.2 Å². The molecular formula is C14H14BrN3O. The van der Waals surface area contributed by atoms with Gasteiger partial charge in [-0.05, 0) is 44.5 Å². The Morgan fingerprint density at radius 2 is 1.89 bits per heavy atom. The van der Waals surface area contributed by atoms with Gasteiger partial charge in [0.25, 0.3) is 5.91 Å². The van der Waals surface area contributed by atoms with Gasteiger partial charge >= 0.3 is 0 Å². The molecule has 1 heterocycles. The Balaban J connectivity index is 2.25. The minimum absolute atomic E-state index is 0.175. The van der Waals surface area contributed by atoms with E-state index in [9.17, 15) is 4.79 Å². The van der Waals surface area contributed by atoms with Crippen molar-refractivity contribution >= 4 is 27.5 Å². The molecule has 0 atom stereocenters. The van der Waals surface area contributed by atoms with Crippen molar-refractivity contribution in [1.29, 1.82) is 0 Å². The summed E-state index contributed by atoms with van der Waals surface area (Å²) in [5.74, 6) is -0.175. The second-order valence-electron chi connectivity index (χ2n) is 4.40. The summed E-state index contributed by atoms with van der Waals surface area (Å²) in [4.78, 5) is 12.2. The van der Waals surface area contributed by atoms with Crippen molar-refractivity contribution in [2.75, 3.05) is 5.32 Å². The Kier molecular flexibility index (Phi) is 3.95. The van der Waals surface area contributed by atoms with Gasteiger partial charge < -0.3 is 5.32 Å². The molecule has 0 aliphatic rings. The normalized spacial score (nSPS) is 10.3. The van der Waals surface area contributed by atoms with Crippen LogP contribution >= 0.6 is 15.9 Å². The number of anilines is 1. The number of amides is 1. The van der Waals surface area contributed by atoms with Crippen LogP contribution in [-0.2, 0) is 0 Å². The Bertz CT molecular complexity index is 641. The average molecular weight is 320 g/mol. The molecule has 19 heavy (non-hydrogen) atoms. The van der Waals surface area contributed by atoms with Crippen molar-refractivity contribution in [3.8, 4) is 0 Å². The predicted octanol–water partition coefficient (Wildman–Crippen LogP) is 3.42. The van der Waals surface area contributed by atoms with E-state index >= 15 is 0 Å². The van der Waals surface area contributed by atoms with Crippen LogP contribution in [0.4, 0.5) is 5.69 Å². The lowest BCUT2D eigenvalue weighted by atomic mass is 10.1. The number of aromatic nitrogens is 2. The maximum atomic E-state index is 12.2. The number of aryl methyl sites for hydroxylation is 3. The third kappa shape index (κ3) is 3.17. The third-order valence-electron chi connectivity index (χ3n) is 2.78. The van der Waals surface area contributed by atoms with Crippen molar-refractivity contribution in [3.63, 3.8) is 0 Å². The first kappa shape index (κ1) is 13.7. The first-order valence-corrected chi connectivity index (χ1v) is 6.65. The van der Waals surface area contributed by atoms with E-state index in [1.54, 1.807) is 13.0 Å². The highest BCUT2D eigenvalue weighted by molar-refractivity contribution is 9.10. The van der Waals surface area contributed by atoms with Crippen molar-refractivity contribution in [1.82, 2.24) is 10.2 Å². The van der Waals surface area contributed by atoms with Gasteiger partial charge in [-0.15, -0.1) is 0 Å². The molecule has 1 aromatic carbocycles. The van der Waals surface area contributed by atoms with Gasteiger partial charge in [0.1, 0.15) is 0 Å². The minimum atomic E-state index is -0.175. The van der Waals surface area contributed by atoms with Crippen LogP contribution in [0, 0.1) is 20.8 Å². The molecule has 2 rings (SSSR count). The van der Waals surface area contributed by atoms with Crippen LogP contribution in [0.5, 0.6) is 0 Å². The zero-order valence-corrected chi connectivity index (χ0v) is 12.6. The molecule has 1 aromatic heterocycles. The maximum Gasteiger partial charge on any atom is 0.257 e. The second kappa shape index (κ2) is 5.48. The number of carbonyl (C=O) groups is 1. The van der Waals surface area contributed by atoms with E-state index in [0.29, 0.717) is 11.3 Å². The summed E-state index contributed by atoms with van der Waals surface area (Å²) in [7, 11) is 0. The van der Waals surface area contributed by atoms with Crippen LogP contribution in [0.2, 0.25) is 0 Å². The molecule has 0 radical (unpaired) electrons. The molecule has 1 N–H and O–H groups in total. The topological polar surface area (TPSA) is 54.9 Å². The summed E-state index contributed by atoms with van der Waals surface area (Å²) >= 11 is 3.44. The quantitative estimate of drug-likeness (QED) is 0.922. The van der Waals surface area contributed by atoms with Gasteiger partial charge in [0.05, 0.1) is 17.0 Å². The van der Waals surface area contributed by atoms with Gasteiger partial charge in [-0.3, -0.25) is 4.79 Å². The van der Waals surface area contributed by atoms with Gasteiger partial charge in [-0.2, -0.15) is 10.2 Å². The highest BCUT2D eigenvalue weighted by atomic mass is 79.9. The summed E-state index contributed by atoms with van der Waals surface area (Å²) in [6.07, 6.45) is 0. The van der Waals surface area contributed by atoms with E-state index in [1.807, 2.05) is 32.0 Å². The van der Waals surface area contributed by atoms with Gasteiger partial charge in [-0.1, -0.05) is 22.0 Å². The average Bonchev–Trinajstić information content (AvgIpc) is 2.36. The van der Waals surface area contributed by atoms with E-state index in [0.717, 1.165) is 21.4 Å². The fraction of sp³-hybridized carbons (Fsp3) is 0.214. The first-order valence-electron chi connectivity index (χ1n) is 5.86. The smallest absolute Gasteiger partial charge is 0.257 e. The molecule has 0 spiro atoms. The largest absolute Gasteiger partial charge is 0.322 e. The van der Waals surface area contributed by atoms with Crippen LogP contribution in [0.15, 0.2) is 28.7 Å². The number of benzene rings is 1. The molecule has 0 fully saturated rings. The molecule has 1 amide bonds. The number of hydrogen-bond donors (Lipinski definition) is 1. The summed E-state index contributed by atoms with van der Waals surface area (Å²) in [6.45, 7) is 5.58. The molecule has 0 saturated heterocycles. The zero-order chi connectivity index (χ0) is 14.0. The Morgan fingerprint density at radius 3 is 2.58 bits per heavy atom. The van der Waals surface area contributed by atoms with E-state index in [4.69, 9.17) is 0 Å². The van der Waals surface area contributed by atoms with Crippen molar-refractivity contribution in [2.24, 2.45) is 0 Å². The molecule has 0 bridgehead atoms. The monoisotopic (exact) mass is 319 g/mol. The van der Waals surface area contributed by atoms with Crippen LogP contribution in [0.3, 0.4) is 0 Å². The van der Waals surface area contributed by atoms with Crippen LogP contribution < -0.4 is 5.32 Å². The lowest BCUT2D eigenvalue weighted by Gasteiger charge is -2.08. The molecule has 2 aromatic rings. The molecule has 0 aliphatic heterocycles. The second-order valence-corrected chi connectivity index (χ2v) is 5.26. The Hall–Kier alpha value is -1.75. The molecule has 5 heteroatoms. The summed E-state index contributed by atoms with van der Waals surface area (Å²) < 4.78 is 0.964. The Morgan fingerprint density at radius 1 is 1.16 bits per heavy atom. The SMILES string of the molecule is Cc1cc(C(=O)Nc2ccc(C)c(Br)c2)c(C)nn1. The first-order chi connectivity index (χ1) is 8.97. The minimum Gasteiger partial charge on any atom is -0.322 e. The number of hydrogen-bond acceptors (Lipinski definition) is 3. The number of rotatable bonds is 2. The number of halogens is 1. The number of nitrogens with zero attached hydrogens (tertiary/aromatic N) is 2. The van der Waals surface area contributed by atoms with Crippen LogP contribution in [0.1, 0.15) is 27.3 Å². The molecular weight excluding hydrogens is 306 g/mol. The zero-order valence-electron chi connectivity index (χ0n) is 11.0. The summed E-state index contributed by atoms with van der Waals surface area (Å²) in [5.41, 5.74) is 3.76. The van der Waals surface area contributed by atoms with E-state index in [2.05, 4.69) is 31.4 Å². The van der Waals surface area contributed by atoms with E-state index in [-0.39, 0.29) is 5.91 Å². The fourth-order valence-corrected chi connectivity index (χ4v) is 2.03. The standard InChI is InChI=1S/C14H14BrN3O/c1-8-4-5-11(7-13(8)15)16-14(19)12-6-9(2)17-18-10(12)3/h4-7H,1-3H3,(H,16,19). The number of carbonyl (C=O) groups excluding carboxylic acids is 1. The van der Waals surface area contributed by atoms with Crippen LogP contribution in [0.25, 0.3) is 0 Å². The van der Waals surface area contributed by atoms with Crippen molar-refractivity contribution in [3.05, 3.63) is 51.3 Å².